The van der Waals surface area contributed by atoms with Crippen LogP contribution in [0, 0.1) is 0 Å². The molecule has 0 saturated carbocycles. The first kappa shape index (κ1) is 16.5. The molecule has 0 spiro atoms. The number of alkyl halides is 3. The Morgan fingerprint density at radius 1 is 1.00 bits per heavy atom. The smallest absolute Gasteiger partial charge is 0.307 e. The predicted molar refractivity (Wildman–Crippen MR) is 83.0 cm³/mol. The molecule has 126 valence electrons. The van der Waals surface area contributed by atoms with E-state index >= 15 is 0 Å². The predicted octanol–water partition coefficient (Wildman–Crippen LogP) is 3.47. The third kappa shape index (κ3) is 3.59. The third-order valence-electron chi connectivity index (χ3n) is 3.48. The van der Waals surface area contributed by atoms with Gasteiger partial charge in [0.2, 0.25) is 0 Å². The van der Waals surface area contributed by atoms with Crippen molar-refractivity contribution in [3.8, 4) is 0 Å². The van der Waals surface area contributed by atoms with Gasteiger partial charge in [0.25, 0.3) is 0 Å². The minimum atomic E-state index is -4.59. The number of benzene rings is 1. The van der Waals surface area contributed by atoms with Crippen molar-refractivity contribution in [3.63, 3.8) is 0 Å². The molecule has 0 aliphatic heterocycles. The van der Waals surface area contributed by atoms with Gasteiger partial charge in [-0.1, -0.05) is 24.3 Å². The molecular formula is C16H13F3N2O2S. The average Bonchev–Trinajstić information content (AvgIpc) is 2.87. The summed E-state index contributed by atoms with van der Waals surface area (Å²) in [4.78, 5) is 4.17. The van der Waals surface area contributed by atoms with Gasteiger partial charge in [-0.2, -0.15) is 13.2 Å². The Morgan fingerprint density at radius 2 is 1.71 bits per heavy atom. The number of rotatable bonds is 4. The van der Waals surface area contributed by atoms with Crippen molar-refractivity contribution in [1.82, 2.24) is 9.38 Å². The van der Waals surface area contributed by atoms with Crippen molar-refractivity contribution < 1.29 is 21.6 Å². The second-order valence-corrected chi connectivity index (χ2v) is 7.45. The Labute approximate surface area is 136 Å². The fourth-order valence-corrected chi connectivity index (χ4v) is 3.91. The first-order valence-corrected chi connectivity index (χ1v) is 8.85. The lowest BCUT2D eigenvalue weighted by atomic mass is 10.1. The van der Waals surface area contributed by atoms with Crippen LogP contribution in [-0.4, -0.2) is 17.8 Å². The van der Waals surface area contributed by atoms with E-state index in [4.69, 9.17) is 0 Å². The normalized spacial score (nSPS) is 12.6. The van der Waals surface area contributed by atoms with Crippen LogP contribution in [0.5, 0.6) is 0 Å². The van der Waals surface area contributed by atoms with Crippen LogP contribution in [0.2, 0.25) is 0 Å². The second kappa shape index (κ2) is 5.94. The van der Waals surface area contributed by atoms with Crippen LogP contribution >= 0.6 is 0 Å². The number of hydrogen-bond donors (Lipinski definition) is 0. The lowest BCUT2D eigenvalue weighted by molar-refractivity contribution is -0.138. The highest BCUT2D eigenvalue weighted by molar-refractivity contribution is 7.89. The highest BCUT2D eigenvalue weighted by atomic mass is 32.2. The van der Waals surface area contributed by atoms with Gasteiger partial charge < -0.3 is 4.40 Å². The molecule has 3 rings (SSSR count). The largest absolute Gasteiger partial charge is 0.416 e. The van der Waals surface area contributed by atoms with Crippen molar-refractivity contribution in [2.45, 2.75) is 17.7 Å². The van der Waals surface area contributed by atoms with E-state index in [0.717, 1.165) is 6.07 Å². The summed E-state index contributed by atoms with van der Waals surface area (Å²) in [7, 11) is -3.79. The van der Waals surface area contributed by atoms with E-state index in [-0.39, 0.29) is 5.56 Å². The van der Waals surface area contributed by atoms with Crippen molar-refractivity contribution in [2.75, 3.05) is 0 Å². The number of nitrogens with zero attached hydrogens (tertiary/aromatic N) is 2. The summed E-state index contributed by atoms with van der Waals surface area (Å²) < 4.78 is 65.2. The summed E-state index contributed by atoms with van der Waals surface area (Å²) in [6.45, 7) is 0. The highest BCUT2D eigenvalue weighted by Crippen LogP contribution is 2.32. The minimum absolute atomic E-state index is 0.256. The lowest BCUT2D eigenvalue weighted by Crippen LogP contribution is -2.14. The third-order valence-corrected chi connectivity index (χ3v) is 4.97. The summed E-state index contributed by atoms with van der Waals surface area (Å²) in [5.41, 5.74) is -0.304. The average molecular weight is 354 g/mol. The summed E-state index contributed by atoms with van der Waals surface area (Å²) in [5, 5.41) is 0. The number of pyridine rings is 1. The topological polar surface area (TPSA) is 51.4 Å². The molecule has 0 aliphatic rings. The monoisotopic (exact) mass is 354 g/mol. The number of sulfone groups is 1. The second-order valence-electron chi connectivity index (χ2n) is 5.39. The van der Waals surface area contributed by atoms with E-state index in [1.54, 1.807) is 35.0 Å². The van der Waals surface area contributed by atoms with Crippen LogP contribution < -0.4 is 0 Å². The first-order chi connectivity index (χ1) is 11.2. The molecular weight excluding hydrogens is 341 g/mol. The number of aromatic nitrogens is 2. The maximum Gasteiger partial charge on any atom is 0.416 e. The minimum Gasteiger partial charge on any atom is -0.307 e. The van der Waals surface area contributed by atoms with Crippen LogP contribution in [0.25, 0.3) is 5.65 Å². The van der Waals surface area contributed by atoms with Gasteiger partial charge in [-0.15, -0.1) is 0 Å². The quantitative estimate of drug-likeness (QED) is 0.721. The molecule has 1 aromatic carbocycles. The molecule has 0 amide bonds. The van der Waals surface area contributed by atoms with E-state index in [0.29, 0.717) is 11.3 Å². The van der Waals surface area contributed by atoms with Crippen LogP contribution in [0.4, 0.5) is 13.2 Å². The molecule has 4 nitrogen and oxygen atoms in total. The van der Waals surface area contributed by atoms with Crippen molar-refractivity contribution in [2.24, 2.45) is 0 Å². The van der Waals surface area contributed by atoms with Crippen LogP contribution in [0.1, 0.15) is 16.8 Å². The standard InChI is InChI=1S/C16H13F3N2O2S/c17-16(18,19)14-6-2-1-5-12(14)10-24(22,23)11-13-9-21-8-4-3-7-15(21)20-13/h1-9H,10-11H2. The summed E-state index contributed by atoms with van der Waals surface area (Å²) in [6, 6.07) is 9.95. The number of hydrogen-bond acceptors (Lipinski definition) is 3. The van der Waals surface area contributed by atoms with Gasteiger partial charge in [0.15, 0.2) is 9.84 Å². The molecule has 2 aromatic heterocycles. The molecule has 24 heavy (non-hydrogen) atoms. The fraction of sp³-hybridized carbons (Fsp3) is 0.188. The zero-order valence-corrected chi connectivity index (χ0v) is 13.2. The van der Waals surface area contributed by atoms with Gasteiger partial charge in [0.05, 0.1) is 22.8 Å². The molecule has 3 aromatic rings. The molecule has 0 unspecified atom stereocenters. The molecule has 2 heterocycles. The Balaban J connectivity index is 1.87. The fourth-order valence-electron chi connectivity index (χ4n) is 2.49. The number of halogens is 3. The zero-order valence-electron chi connectivity index (χ0n) is 12.4. The zero-order chi connectivity index (χ0) is 17.4. The van der Waals surface area contributed by atoms with Gasteiger partial charge in [-0.25, -0.2) is 13.4 Å². The van der Waals surface area contributed by atoms with Crippen LogP contribution in [0.3, 0.4) is 0 Å². The highest BCUT2D eigenvalue weighted by Gasteiger charge is 2.34. The summed E-state index contributed by atoms with van der Waals surface area (Å²) >= 11 is 0. The Bertz CT molecular complexity index is 945. The van der Waals surface area contributed by atoms with Crippen molar-refractivity contribution >= 4 is 15.5 Å². The van der Waals surface area contributed by atoms with E-state index in [1.807, 2.05) is 0 Å². The van der Waals surface area contributed by atoms with E-state index < -0.39 is 33.1 Å². The maximum absolute atomic E-state index is 13.0. The SMILES string of the molecule is O=S(=O)(Cc1cn2ccccc2n1)Cc1ccccc1C(F)(F)F. The van der Waals surface area contributed by atoms with Gasteiger partial charge in [-0.3, -0.25) is 0 Å². The molecule has 8 heteroatoms. The lowest BCUT2D eigenvalue weighted by Gasteiger charge is -2.12. The van der Waals surface area contributed by atoms with Crippen molar-refractivity contribution in [3.05, 3.63) is 71.7 Å². The molecule has 0 N–H and O–H groups in total. The Hall–Kier alpha value is -2.35. The van der Waals surface area contributed by atoms with E-state index in [9.17, 15) is 21.6 Å². The maximum atomic E-state index is 13.0. The van der Waals surface area contributed by atoms with E-state index in [2.05, 4.69) is 4.98 Å². The van der Waals surface area contributed by atoms with Crippen molar-refractivity contribution in [1.29, 1.82) is 0 Å². The van der Waals surface area contributed by atoms with Gasteiger partial charge in [0, 0.05) is 12.4 Å². The van der Waals surface area contributed by atoms with Crippen LogP contribution in [-0.2, 0) is 27.5 Å². The van der Waals surface area contributed by atoms with Crippen LogP contribution in [0.15, 0.2) is 54.9 Å². The molecule has 0 atom stereocenters. The molecule has 0 saturated heterocycles. The number of fused-ring (bicyclic) bond motifs is 1. The molecule has 0 radical (unpaired) electrons. The molecule has 0 bridgehead atoms. The van der Waals surface area contributed by atoms with Gasteiger partial charge in [-0.05, 0) is 23.8 Å². The van der Waals surface area contributed by atoms with E-state index in [1.165, 1.54) is 18.2 Å². The summed E-state index contributed by atoms with van der Waals surface area (Å²) in [6.07, 6.45) is -1.31. The summed E-state index contributed by atoms with van der Waals surface area (Å²) in [5.74, 6) is -1.10. The molecule has 0 aliphatic carbocycles. The van der Waals surface area contributed by atoms with Gasteiger partial charge >= 0.3 is 6.18 Å². The first-order valence-electron chi connectivity index (χ1n) is 7.03. The Morgan fingerprint density at radius 3 is 2.42 bits per heavy atom. The number of imidazole rings is 1. The van der Waals surface area contributed by atoms with Gasteiger partial charge in [0.1, 0.15) is 5.65 Å². The Kier molecular flexibility index (Phi) is 4.08. The molecule has 0 fully saturated rings.